The van der Waals surface area contributed by atoms with Gasteiger partial charge in [-0.25, -0.2) is 8.78 Å². The second kappa shape index (κ2) is 3.80. The fourth-order valence-corrected chi connectivity index (χ4v) is 1.88. The lowest BCUT2D eigenvalue weighted by molar-refractivity contribution is 0.0734. The average molecular weight is 212 g/mol. The highest BCUT2D eigenvalue weighted by Gasteiger charge is 2.27. The van der Waals surface area contributed by atoms with E-state index in [0.717, 1.165) is 18.9 Å². The van der Waals surface area contributed by atoms with Crippen molar-refractivity contribution in [1.29, 1.82) is 0 Å². The van der Waals surface area contributed by atoms with Crippen molar-refractivity contribution in [3.05, 3.63) is 29.3 Å². The quantitative estimate of drug-likeness (QED) is 0.729. The Morgan fingerprint density at radius 1 is 1.27 bits per heavy atom. The van der Waals surface area contributed by atoms with Crippen molar-refractivity contribution in [3.63, 3.8) is 0 Å². The van der Waals surface area contributed by atoms with Gasteiger partial charge in [-0.3, -0.25) is 0 Å². The summed E-state index contributed by atoms with van der Waals surface area (Å²) in [7, 11) is 0. The molecule has 0 aliphatic heterocycles. The van der Waals surface area contributed by atoms with Crippen LogP contribution in [0.25, 0.3) is 0 Å². The van der Waals surface area contributed by atoms with E-state index in [1.165, 1.54) is 6.92 Å². The van der Waals surface area contributed by atoms with Gasteiger partial charge in [-0.2, -0.15) is 0 Å². The molecule has 2 rings (SSSR count). The molecule has 0 heterocycles. The topological polar surface area (TPSA) is 9.23 Å². The predicted octanol–water partition coefficient (Wildman–Crippen LogP) is 3.45. The maximum Gasteiger partial charge on any atom is 0.162 e. The van der Waals surface area contributed by atoms with E-state index in [9.17, 15) is 8.78 Å². The molecule has 0 atom stereocenters. The highest BCUT2D eigenvalue weighted by molar-refractivity contribution is 5.30. The van der Waals surface area contributed by atoms with Gasteiger partial charge in [0, 0.05) is 6.07 Å². The molecule has 0 aromatic heterocycles. The number of halogens is 2. The maximum absolute atomic E-state index is 13.0. The van der Waals surface area contributed by atoms with Crippen molar-refractivity contribution >= 4 is 0 Å². The van der Waals surface area contributed by atoms with Crippen LogP contribution in [0.3, 0.4) is 0 Å². The number of rotatable bonds is 2. The van der Waals surface area contributed by atoms with E-state index in [-0.39, 0.29) is 11.7 Å². The summed E-state index contributed by atoms with van der Waals surface area (Å²) in [5.74, 6) is -0.508. The van der Waals surface area contributed by atoms with Crippen LogP contribution in [0.5, 0.6) is 5.75 Å². The van der Waals surface area contributed by atoms with E-state index in [2.05, 4.69) is 6.92 Å². The van der Waals surface area contributed by atoms with Gasteiger partial charge in [-0.15, -0.1) is 0 Å². The molecule has 1 saturated carbocycles. The van der Waals surface area contributed by atoms with Crippen LogP contribution in [0.1, 0.15) is 25.3 Å². The molecule has 1 aliphatic carbocycles. The summed E-state index contributed by atoms with van der Waals surface area (Å²) in [5.41, 5.74) is 0.289. The second-order valence-electron chi connectivity index (χ2n) is 4.35. The third kappa shape index (κ3) is 2.11. The second-order valence-corrected chi connectivity index (χ2v) is 4.35. The molecule has 0 saturated heterocycles. The van der Waals surface area contributed by atoms with Crippen LogP contribution in [-0.4, -0.2) is 6.10 Å². The smallest absolute Gasteiger partial charge is 0.162 e. The van der Waals surface area contributed by atoms with E-state index in [1.807, 2.05) is 0 Å². The molecule has 82 valence electrons. The molecule has 1 aromatic rings. The van der Waals surface area contributed by atoms with Gasteiger partial charge >= 0.3 is 0 Å². The first kappa shape index (κ1) is 10.4. The van der Waals surface area contributed by atoms with Crippen molar-refractivity contribution in [3.8, 4) is 5.75 Å². The number of aryl methyl sites for hydroxylation is 1. The van der Waals surface area contributed by atoms with Crippen molar-refractivity contribution in [2.75, 3.05) is 0 Å². The summed E-state index contributed by atoms with van der Waals surface area (Å²) in [6, 6.07) is 2.66. The summed E-state index contributed by atoms with van der Waals surface area (Å²) < 4.78 is 31.5. The zero-order chi connectivity index (χ0) is 11.0. The largest absolute Gasteiger partial charge is 0.490 e. The zero-order valence-corrected chi connectivity index (χ0v) is 8.89. The average Bonchev–Trinajstić information content (AvgIpc) is 2.11. The molecule has 0 spiro atoms. The molecule has 0 N–H and O–H groups in total. The first-order valence-corrected chi connectivity index (χ1v) is 5.18. The van der Waals surface area contributed by atoms with Crippen molar-refractivity contribution in [2.45, 2.75) is 32.8 Å². The fourth-order valence-electron chi connectivity index (χ4n) is 1.88. The van der Waals surface area contributed by atoms with E-state index in [1.54, 1.807) is 6.07 Å². The first-order valence-electron chi connectivity index (χ1n) is 5.18. The monoisotopic (exact) mass is 212 g/mol. The van der Waals surface area contributed by atoms with E-state index in [0.29, 0.717) is 11.7 Å². The SMILES string of the molecule is Cc1cc(OC2CC(C)C2)cc(F)c1F. The van der Waals surface area contributed by atoms with Crippen molar-refractivity contribution in [1.82, 2.24) is 0 Å². The van der Waals surface area contributed by atoms with E-state index >= 15 is 0 Å². The molecule has 1 aliphatic rings. The molecule has 1 nitrogen and oxygen atoms in total. The lowest BCUT2D eigenvalue weighted by atomic mass is 9.84. The molecule has 0 amide bonds. The Hall–Kier alpha value is -1.12. The Morgan fingerprint density at radius 3 is 2.47 bits per heavy atom. The molecule has 1 aromatic carbocycles. The fraction of sp³-hybridized carbons (Fsp3) is 0.500. The molecular formula is C12H14F2O. The number of ether oxygens (including phenoxy) is 1. The van der Waals surface area contributed by atoms with Gasteiger partial charge in [-0.1, -0.05) is 6.92 Å². The Balaban J connectivity index is 2.09. The molecule has 0 unspecified atom stereocenters. The molecular weight excluding hydrogens is 198 g/mol. The summed E-state index contributed by atoms with van der Waals surface area (Å²) in [6.45, 7) is 3.69. The summed E-state index contributed by atoms with van der Waals surface area (Å²) in [6.07, 6.45) is 2.17. The molecule has 3 heteroatoms. The standard InChI is InChI=1S/C12H14F2O/c1-7-3-9(4-7)15-10-5-8(2)12(14)11(13)6-10/h5-7,9H,3-4H2,1-2H3. The normalized spacial score (nSPS) is 24.8. The third-order valence-corrected chi connectivity index (χ3v) is 2.82. The summed E-state index contributed by atoms with van der Waals surface area (Å²) >= 11 is 0. The van der Waals surface area contributed by atoms with Gasteiger partial charge in [0.25, 0.3) is 0 Å². The van der Waals surface area contributed by atoms with Crippen LogP contribution < -0.4 is 4.74 Å². The molecule has 1 fully saturated rings. The minimum atomic E-state index is -0.836. The highest BCUT2D eigenvalue weighted by atomic mass is 19.2. The lowest BCUT2D eigenvalue weighted by Crippen LogP contribution is -2.31. The Morgan fingerprint density at radius 2 is 1.93 bits per heavy atom. The van der Waals surface area contributed by atoms with Crippen LogP contribution >= 0.6 is 0 Å². The minimum Gasteiger partial charge on any atom is -0.490 e. The Labute approximate surface area is 88.1 Å². The van der Waals surface area contributed by atoms with Crippen LogP contribution in [0.4, 0.5) is 8.78 Å². The van der Waals surface area contributed by atoms with Crippen molar-refractivity contribution in [2.24, 2.45) is 5.92 Å². The Bertz CT molecular complexity index is 347. The van der Waals surface area contributed by atoms with Crippen LogP contribution in [0.2, 0.25) is 0 Å². The molecule has 0 bridgehead atoms. The van der Waals surface area contributed by atoms with Crippen LogP contribution in [0.15, 0.2) is 12.1 Å². The Kier molecular flexibility index (Phi) is 2.63. The summed E-state index contributed by atoms with van der Waals surface area (Å²) in [4.78, 5) is 0. The van der Waals surface area contributed by atoms with Gasteiger partial charge in [0.2, 0.25) is 0 Å². The van der Waals surface area contributed by atoms with Crippen molar-refractivity contribution < 1.29 is 13.5 Å². The molecule has 15 heavy (non-hydrogen) atoms. The number of benzene rings is 1. The molecule has 0 radical (unpaired) electrons. The first-order chi connectivity index (χ1) is 7.06. The minimum absolute atomic E-state index is 0.171. The lowest BCUT2D eigenvalue weighted by Gasteiger charge is -2.32. The predicted molar refractivity (Wildman–Crippen MR) is 53.9 cm³/mol. The zero-order valence-electron chi connectivity index (χ0n) is 8.89. The highest BCUT2D eigenvalue weighted by Crippen LogP contribution is 2.31. The third-order valence-electron chi connectivity index (χ3n) is 2.82. The van der Waals surface area contributed by atoms with Gasteiger partial charge in [0.05, 0.1) is 6.10 Å². The van der Waals surface area contributed by atoms with Gasteiger partial charge in [-0.05, 0) is 37.3 Å². The van der Waals surface area contributed by atoms with Crippen LogP contribution in [-0.2, 0) is 0 Å². The van der Waals surface area contributed by atoms with Gasteiger partial charge in [0.1, 0.15) is 5.75 Å². The van der Waals surface area contributed by atoms with Gasteiger partial charge in [0.15, 0.2) is 11.6 Å². The van der Waals surface area contributed by atoms with Crippen LogP contribution in [0, 0.1) is 24.5 Å². The van der Waals surface area contributed by atoms with E-state index in [4.69, 9.17) is 4.74 Å². The number of hydrogen-bond acceptors (Lipinski definition) is 1. The maximum atomic E-state index is 13.0. The summed E-state index contributed by atoms with van der Waals surface area (Å²) in [5, 5.41) is 0. The number of hydrogen-bond donors (Lipinski definition) is 0. The van der Waals surface area contributed by atoms with Gasteiger partial charge < -0.3 is 4.74 Å². The van der Waals surface area contributed by atoms with E-state index < -0.39 is 11.6 Å².